The first-order valence-electron chi connectivity index (χ1n) is 7.05. The molecule has 0 amide bonds. The lowest BCUT2D eigenvalue weighted by Crippen LogP contribution is -2.37. The first-order chi connectivity index (χ1) is 9.61. The summed E-state index contributed by atoms with van der Waals surface area (Å²) in [5, 5.41) is 7.60. The Morgan fingerprint density at radius 2 is 2.19 bits per heavy atom. The zero-order chi connectivity index (χ0) is 14.8. The lowest BCUT2D eigenvalue weighted by atomic mass is 10.2. The van der Waals surface area contributed by atoms with E-state index in [1.807, 2.05) is 6.20 Å². The van der Waals surface area contributed by atoms with Crippen LogP contribution in [0.4, 0.5) is 0 Å². The number of hydrogen-bond donors (Lipinski definition) is 2. The van der Waals surface area contributed by atoms with Crippen molar-refractivity contribution in [2.24, 2.45) is 10.9 Å². The van der Waals surface area contributed by atoms with Gasteiger partial charge in [0.25, 0.3) is 0 Å². The van der Waals surface area contributed by atoms with Crippen molar-refractivity contribution in [3.05, 3.63) is 16.1 Å². The second kappa shape index (κ2) is 12.2. The molecule has 0 aliphatic carbocycles. The summed E-state index contributed by atoms with van der Waals surface area (Å²) in [6.45, 7) is 9.56. The summed E-state index contributed by atoms with van der Waals surface area (Å²) >= 11 is 1.70. The molecule has 0 saturated carbocycles. The quantitative estimate of drug-likeness (QED) is 0.291. The molecule has 1 heterocycles. The Morgan fingerprint density at radius 3 is 2.76 bits per heavy atom. The van der Waals surface area contributed by atoms with Gasteiger partial charge in [-0.1, -0.05) is 13.8 Å². The molecule has 0 spiro atoms. The smallest absolute Gasteiger partial charge is 0.191 e. The predicted molar refractivity (Wildman–Crippen MR) is 101 cm³/mol. The summed E-state index contributed by atoms with van der Waals surface area (Å²) in [7, 11) is 1.78. The fourth-order valence-electron chi connectivity index (χ4n) is 1.56. The number of nitrogens with one attached hydrogen (secondary N) is 2. The number of ether oxygens (including phenoxy) is 1. The maximum Gasteiger partial charge on any atom is 0.191 e. The number of rotatable bonds is 8. The first kappa shape index (κ1) is 20.6. The topological polar surface area (TPSA) is 58.5 Å². The Labute approximate surface area is 149 Å². The third-order valence-corrected chi connectivity index (χ3v) is 3.42. The molecule has 0 saturated heterocycles. The summed E-state index contributed by atoms with van der Waals surface area (Å²) in [4.78, 5) is 9.73. The predicted octanol–water partition coefficient (Wildman–Crippen LogP) is 2.80. The number of thiazole rings is 1. The Kier molecular flexibility index (Phi) is 11.9. The van der Waals surface area contributed by atoms with E-state index >= 15 is 0 Å². The highest BCUT2D eigenvalue weighted by atomic mass is 127. The number of nitrogens with zero attached hydrogens (tertiary/aromatic N) is 2. The van der Waals surface area contributed by atoms with E-state index in [0.717, 1.165) is 37.1 Å². The molecule has 2 N–H and O–H groups in total. The highest BCUT2D eigenvalue weighted by Crippen LogP contribution is 2.10. The molecule has 0 fully saturated rings. The van der Waals surface area contributed by atoms with Gasteiger partial charge in [-0.2, -0.15) is 0 Å². The van der Waals surface area contributed by atoms with E-state index in [-0.39, 0.29) is 24.0 Å². The van der Waals surface area contributed by atoms with Crippen molar-refractivity contribution in [3.63, 3.8) is 0 Å². The van der Waals surface area contributed by atoms with Gasteiger partial charge < -0.3 is 15.4 Å². The number of aromatic nitrogens is 1. The summed E-state index contributed by atoms with van der Waals surface area (Å²) in [5.41, 5.74) is 0. The van der Waals surface area contributed by atoms with E-state index in [2.05, 4.69) is 41.4 Å². The standard InChI is InChI=1S/C14H26N4OS.HI/c1-11(2)10-19-7-5-6-16-14(15-4)18-9-13-17-8-12(3)20-13;/h8,11H,5-7,9-10H2,1-4H3,(H2,15,16,18);1H. The molecule has 1 aromatic heterocycles. The van der Waals surface area contributed by atoms with Crippen LogP contribution in [0.2, 0.25) is 0 Å². The molecule has 0 bridgehead atoms. The van der Waals surface area contributed by atoms with E-state index in [0.29, 0.717) is 12.5 Å². The zero-order valence-electron chi connectivity index (χ0n) is 13.3. The van der Waals surface area contributed by atoms with Crippen LogP contribution in [0, 0.1) is 12.8 Å². The van der Waals surface area contributed by atoms with Crippen LogP contribution in [-0.4, -0.2) is 37.7 Å². The van der Waals surface area contributed by atoms with Crippen molar-refractivity contribution in [1.29, 1.82) is 0 Å². The first-order valence-corrected chi connectivity index (χ1v) is 7.87. The highest BCUT2D eigenvalue weighted by Gasteiger charge is 2.01. The minimum Gasteiger partial charge on any atom is -0.381 e. The van der Waals surface area contributed by atoms with Gasteiger partial charge in [0, 0.05) is 37.9 Å². The van der Waals surface area contributed by atoms with Crippen LogP contribution >= 0.6 is 35.3 Å². The highest BCUT2D eigenvalue weighted by molar-refractivity contribution is 14.0. The lowest BCUT2D eigenvalue weighted by Gasteiger charge is -2.11. The van der Waals surface area contributed by atoms with Gasteiger partial charge >= 0.3 is 0 Å². The number of halogens is 1. The molecule has 1 rings (SSSR count). The molecule has 0 atom stereocenters. The van der Waals surface area contributed by atoms with Crippen LogP contribution in [0.5, 0.6) is 0 Å². The molecular formula is C14H27IN4OS. The normalized spacial score (nSPS) is 11.4. The molecule has 21 heavy (non-hydrogen) atoms. The van der Waals surface area contributed by atoms with Crippen LogP contribution < -0.4 is 10.6 Å². The van der Waals surface area contributed by atoms with Gasteiger partial charge in [0.15, 0.2) is 5.96 Å². The van der Waals surface area contributed by atoms with Crippen molar-refractivity contribution in [3.8, 4) is 0 Å². The summed E-state index contributed by atoms with van der Waals surface area (Å²) in [6.07, 6.45) is 2.87. The SMILES string of the molecule is CN=C(NCCCOCC(C)C)NCc1ncc(C)s1.I. The molecule has 0 aromatic carbocycles. The summed E-state index contributed by atoms with van der Waals surface area (Å²) in [5.74, 6) is 1.40. The van der Waals surface area contributed by atoms with Gasteiger partial charge in [-0.05, 0) is 19.3 Å². The van der Waals surface area contributed by atoms with E-state index in [1.165, 1.54) is 4.88 Å². The van der Waals surface area contributed by atoms with Gasteiger partial charge in [-0.3, -0.25) is 4.99 Å². The van der Waals surface area contributed by atoms with Gasteiger partial charge in [-0.15, -0.1) is 35.3 Å². The molecule has 0 aliphatic rings. The largest absolute Gasteiger partial charge is 0.381 e. The van der Waals surface area contributed by atoms with Crippen LogP contribution in [0.15, 0.2) is 11.2 Å². The molecule has 7 heteroatoms. The maximum atomic E-state index is 5.53. The van der Waals surface area contributed by atoms with Crippen molar-refractivity contribution in [2.45, 2.75) is 33.7 Å². The average Bonchev–Trinajstić information content (AvgIpc) is 2.82. The van der Waals surface area contributed by atoms with E-state index < -0.39 is 0 Å². The molecular weight excluding hydrogens is 399 g/mol. The summed E-state index contributed by atoms with van der Waals surface area (Å²) < 4.78 is 5.53. The minimum atomic E-state index is 0. The molecule has 0 aliphatic heterocycles. The Bertz CT molecular complexity index is 409. The zero-order valence-corrected chi connectivity index (χ0v) is 16.5. The van der Waals surface area contributed by atoms with E-state index in [9.17, 15) is 0 Å². The van der Waals surface area contributed by atoms with Crippen LogP contribution in [-0.2, 0) is 11.3 Å². The number of hydrogen-bond acceptors (Lipinski definition) is 4. The Balaban J connectivity index is 0.00000400. The van der Waals surface area contributed by atoms with Crippen molar-refractivity contribution >= 4 is 41.3 Å². The minimum absolute atomic E-state index is 0. The molecule has 1 aromatic rings. The Morgan fingerprint density at radius 1 is 1.43 bits per heavy atom. The van der Waals surface area contributed by atoms with E-state index in [1.54, 1.807) is 18.4 Å². The van der Waals surface area contributed by atoms with Crippen LogP contribution in [0.25, 0.3) is 0 Å². The van der Waals surface area contributed by atoms with E-state index in [4.69, 9.17) is 4.74 Å². The number of aryl methyl sites for hydroxylation is 1. The van der Waals surface area contributed by atoms with Gasteiger partial charge in [0.1, 0.15) is 5.01 Å². The number of guanidine groups is 1. The van der Waals surface area contributed by atoms with Gasteiger partial charge in [0.2, 0.25) is 0 Å². The fourth-order valence-corrected chi connectivity index (χ4v) is 2.29. The third-order valence-electron chi connectivity index (χ3n) is 2.51. The fraction of sp³-hybridized carbons (Fsp3) is 0.714. The molecule has 0 radical (unpaired) electrons. The molecule has 0 unspecified atom stereocenters. The van der Waals surface area contributed by atoms with Crippen LogP contribution in [0.3, 0.4) is 0 Å². The maximum absolute atomic E-state index is 5.53. The third kappa shape index (κ3) is 10.0. The molecule has 5 nitrogen and oxygen atoms in total. The summed E-state index contributed by atoms with van der Waals surface area (Å²) in [6, 6.07) is 0. The van der Waals surface area contributed by atoms with Crippen molar-refractivity contribution < 1.29 is 4.74 Å². The monoisotopic (exact) mass is 426 g/mol. The van der Waals surface area contributed by atoms with Crippen molar-refractivity contribution in [1.82, 2.24) is 15.6 Å². The average molecular weight is 426 g/mol. The second-order valence-electron chi connectivity index (χ2n) is 5.04. The van der Waals surface area contributed by atoms with Crippen LogP contribution in [0.1, 0.15) is 30.2 Å². The lowest BCUT2D eigenvalue weighted by molar-refractivity contribution is 0.108. The second-order valence-corrected chi connectivity index (χ2v) is 6.36. The van der Waals surface area contributed by atoms with Gasteiger partial charge in [-0.25, -0.2) is 4.98 Å². The van der Waals surface area contributed by atoms with Gasteiger partial charge in [0.05, 0.1) is 6.54 Å². The Hall–Kier alpha value is -0.410. The number of aliphatic imine (C=N–C) groups is 1. The molecule has 122 valence electrons. The van der Waals surface area contributed by atoms with Crippen molar-refractivity contribution in [2.75, 3.05) is 26.8 Å².